The first kappa shape index (κ1) is 19.3. The molecule has 27 heavy (non-hydrogen) atoms. The highest BCUT2D eigenvalue weighted by molar-refractivity contribution is 7.71. The van der Waals surface area contributed by atoms with Gasteiger partial charge in [0.15, 0.2) is 4.77 Å². The molecule has 2 aromatic heterocycles. The third kappa shape index (κ3) is 4.12. The van der Waals surface area contributed by atoms with Crippen LogP contribution in [0, 0.1) is 4.77 Å². The lowest BCUT2D eigenvalue weighted by atomic mass is 10.0. The molecule has 2 heterocycles. The van der Waals surface area contributed by atoms with E-state index in [-0.39, 0.29) is 11.8 Å². The molecule has 3 aromatic rings. The van der Waals surface area contributed by atoms with Crippen molar-refractivity contribution in [2.24, 2.45) is 7.05 Å². The second kappa shape index (κ2) is 8.06. The lowest BCUT2D eigenvalue weighted by molar-refractivity contribution is 0.0952. The highest BCUT2D eigenvalue weighted by Crippen LogP contribution is 2.24. The number of amides is 1. The fourth-order valence-electron chi connectivity index (χ4n) is 2.89. The van der Waals surface area contributed by atoms with E-state index in [4.69, 9.17) is 23.8 Å². The lowest BCUT2D eigenvalue weighted by Gasteiger charge is -2.13. The van der Waals surface area contributed by atoms with Crippen LogP contribution in [0.1, 0.15) is 41.6 Å². The number of nitrogens with zero attached hydrogens (tertiary/aromatic N) is 4. The number of carbonyl (C=O) groups is 1. The summed E-state index contributed by atoms with van der Waals surface area (Å²) in [7, 11) is 1.84. The molecule has 1 amide bonds. The van der Waals surface area contributed by atoms with Crippen LogP contribution >= 0.6 is 23.8 Å². The van der Waals surface area contributed by atoms with Crippen LogP contribution in [-0.2, 0) is 13.5 Å². The van der Waals surface area contributed by atoms with Gasteiger partial charge in [0.2, 0.25) is 0 Å². The quantitative estimate of drug-likeness (QED) is 0.617. The van der Waals surface area contributed by atoms with Crippen LogP contribution in [0.3, 0.4) is 0 Å². The van der Waals surface area contributed by atoms with Gasteiger partial charge in [0.05, 0.1) is 23.1 Å². The van der Waals surface area contributed by atoms with E-state index in [1.54, 1.807) is 21.5 Å². The zero-order valence-electron chi connectivity index (χ0n) is 15.4. The summed E-state index contributed by atoms with van der Waals surface area (Å²) >= 11 is 11.2. The van der Waals surface area contributed by atoms with Crippen LogP contribution in [0.4, 0.5) is 0 Å². The molecular weight excluding hydrogens is 384 g/mol. The smallest absolute Gasteiger partial charge is 0.254 e. The number of H-pyrrole nitrogens is 1. The Labute approximate surface area is 167 Å². The van der Waals surface area contributed by atoms with Crippen molar-refractivity contribution in [1.29, 1.82) is 0 Å². The summed E-state index contributed by atoms with van der Waals surface area (Å²) in [5.74, 6) is 0.738. The number of hydrogen-bond acceptors (Lipinski definition) is 4. The van der Waals surface area contributed by atoms with Crippen molar-refractivity contribution in [3.63, 3.8) is 0 Å². The average Bonchev–Trinajstić information content (AvgIpc) is 3.21. The molecule has 0 saturated carbocycles. The van der Waals surface area contributed by atoms with Gasteiger partial charge in [-0.15, -0.1) is 0 Å². The number of benzene rings is 1. The number of hydrogen-bond donors (Lipinski definition) is 2. The molecule has 7 nitrogen and oxygen atoms in total. The van der Waals surface area contributed by atoms with Gasteiger partial charge in [-0.05, 0) is 36.3 Å². The van der Waals surface area contributed by atoms with Crippen molar-refractivity contribution >= 4 is 29.7 Å². The van der Waals surface area contributed by atoms with E-state index in [1.807, 2.05) is 39.1 Å². The summed E-state index contributed by atoms with van der Waals surface area (Å²) in [4.78, 5) is 12.7. The Kier molecular flexibility index (Phi) is 5.76. The second-order valence-corrected chi connectivity index (χ2v) is 7.32. The molecule has 2 N–H and O–H groups in total. The molecule has 0 unspecified atom stereocenters. The zero-order valence-corrected chi connectivity index (χ0v) is 16.9. The Hall–Kier alpha value is -2.45. The highest BCUT2D eigenvalue weighted by atomic mass is 35.5. The summed E-state index contributed by atoms with van der Waals surface area (Å²) in [5.41, 5.74) is 2.22. The Morgan fingerprint density at radius 1 is 1.41 bits per heavy atom. The molecule has 9 heteroatoms. The van der Waals surface area contributed by atoms with E-state index in [0.717, 1.165) is 17.2 Å². The van der Waals surface area contributed by atoms with Gasteiger partial charge < -0.3 is 9.88 Å². The minimum Gasteiger partial charge on any atom is -0.351 e. The van der Waals surface area contributed by atoms with Crippen LogP contribution < -0.4 is 5.32 Å². The molecule has 0 radical (unpaired) electrons. The number of nitrogens with one attached hydrogen (secondary N) is 2. The van der Waals surface area contributed by atoms with Crippen molar-refractivity contribution in [2.75, 3.05) is 6.54 Å². The number of aromatic nitrogens is 5. The molecule has 0 aliphatic carbocycles. The van der Waals surface area contributed by atoms with Gasteiger partial charge in [-0.2, -0.15) is 10.2 Å². The predicted molar refractivity (Wildman–Crippen MR) is 107 cm³/mol. The Morgan fingerprint density at radius 3 is 2.81 bits per heavy atom. The average molecular weight is 405 g/mol. The molecule has 0 atom stereocenters. The zero-order chi connectivity index (χ0) is 19.6. The van der Waals surface area contributed by atoms with Gasteiger partial charge in [-0.3, -0.25) is 9.89 Å². The molecule has 0 spiro atoms. The highest BCUT2D eigenvalue weighted by Gasteiger charge is 2.21. The van der Waals surface area contributed by atoms with Gasteiger partial charge in [-0.1, -0.05) is 31.5 Å². The molecule has 0 fully saturated rings. The fourth-order valence-corrected chi connectivity index (χ4v) is 3.22. The molecule has 142 valence electrons. The number of aromatic amines is 1. The van der Waals surface area contributed by atoms with Crippen LogP contribution in [0.25, 0.3) is 5.69 Å². The van der Waals surface area contributed by atoms with Gasteiger partial charge in [-0.25, -0.2) is 4.68 Å². The fraction of sp³-hybridized carbons (Fsp3) is 0.333. The third-order valence-electron chi connectivity index (χ3n) is 4.26. The Bertz CT molecular complexity index is 1020. The first-order chi connectivity index (χ1) is 12.9. The molecule has 1 aromatic carbocycles. The molecule has 0 aliphatic heterocycles. The van der Waals surface area contributed by atoms with Crippen LogP contribution in [0.2, 0.25) is 5.02 Å². The van der Waals surface area contributed by atoms with Crippen LogP contribution in [0.5, 0.6) is 0 Å². The van der Waals surface area contributed by atoms with Crippen molar-refractivity contribution in [3.8, 4) is 5.69 Å². The van der Waals surface area contributed by atoms with E-state index in [0.29, 0.717) is 28.3 Å². The van der Waals surface area contributed by atoms with E-state index in [1.165, 1.54) is 0 Å². The first-order valence-electron chi connectivity index (χ1n) is 8.60. The number of rotatable bonds is 6. The Balaban J connectivity index is 1.78. The summed E-state index contributed by atoms with van der Waals surface area (Å²) < 4.78 is 4.11. The molecule has 0 saturated heterocycles. The van der Waals surface area contributed by atoms with E-state index < -0.39 is 0 Å². The van der Waals surface area contributed by atoms with Crippen molar-refractivity contribution < 1.29 is 4.79 Å². The summed E-state index contributed by atoms with van der Waals surface area (Å²) in [6.45, 7) is 4.51. The van der Waals surface area contributed by atoms with Gasteiger partial charge in [0.1, 0.15) is 5.82 Å². The van der Waals surface area contributed by atoms with Gasteiger partial charge >= 0.3 is 0 Å². The first-order valence-corrected chi connectivity index (χ1v) is 9.39. The van der Waals surface area contributed by atoms with E-state index in [9.17, 15) is 4.79 Å². The summed E-state index contributed by atoms with van der Waals surface area (Å²) in [6.07, 6.45) is 2.18. The Morgan fingerprint density at radius 2 is 2.19 bits per heavy atom. The van der Waals surface area contributed by atoms with Crippen molar-refractivity contribution in [2.45, 2.75) is 26.2 Å². The summed E-state index contributed by atoms with van der Waals surface area (Å²) in [5, 5.41) is 14.9. The lowest BCUT2D eigenvalue weighted by Crippen LogP contribution is -2.27. The molecular formula is C18H21ClN6OS. The largest absolute Gasteiger partial charge is 0.351 e. The minimum absolute atomic E-state index is 0.110. The maximum Gasteiger partial charge on any atom is 0.254 e. The molecule has 0 bridgehead atoms. The third-order valence-corrected chi connectivity index (χ3v) is 4.86. The number of carbonyl (C=O) groups excluding carboxylic acids is 1. The second-order valence-electron chi connectivity index (χ2n) is 6.50. The SMILES string of the molecule is CC(C)c1c(C(=O)NCCc2n[nH]c(=S)n2C)cnn1-c1cccc(Cl)c1. The minimum atomic E-state index is -0.163. The van der Waals surface area contributed by atoms with Crippen molar-refractivity contribution in [1.82, 2.24) is 29.9 Å². The van der Waals surface area contributed by atoms with E-state index >= 15 is 0 Å². The molecule has 0 aliphatic rings. The van der Waals surface area contributed by atoms with Crippen LogP contribution in [-0.4, -0.2) is 37.0 Å². The standard InChI is InChI=1S/C18H21ClN6OS/c1-11(2)16-14(10-21-25(16)13-6-4-5-12(19)9-13)17(26)20-8-7-15-22-23-18(27)24(15)3/h4-6,9-11H,7-8H2,1-3H3,(H,20,26)(H,23,27). The monoisotopic (exact) mass is 404 g/mol. The topological polar surface area (TPSA) is 80.5 Å². The van der Waals surface area contributed by atoms with Gasteiger partial charge in [0.25, 0.3) is 5.91 Å². The maximum absolute atomic E-state index is 12.7. The number of halogens is 1. The molecule has 3 rings (SSSR count). The maximum atomic E-state index is 12.7. The van der Waals surface area contributed by atoms with E-state index in [2.05, 4.69) is 20.6 Å². The van der Waals surface area contributed by atoms with Gasteiger partial charge in [0, 0.05) is 25.0 Å². The predicted octanol–water partition coefficient (Wildman–Crippen LogP) is 3.41. The normalized spacial score (nSPS) is 11.1. The van der Waals surface area contributed by atoms with Crippen LogP contribution in [0.15, 0.2) is 30.5 Å². The summed E-state index contributed by atoms with van der Waals surface area (Å²) in [6, 6.07) is 7.41. The van der Waals surface area contributed by atoms with Crippen molar-refractivity contribution in [3.05, 3.63) is 57.3 Å².